The second kappa shape index (κ2) is 12.9. The van der Waals surface area contributed by atoms with Gasteiger partial charge < -0.3 is 25.1 Å². The van der Waals surface area contributed by atoms with Gasteiger partial charge in [0, 0.05) is 25.8 Å². The van der Waals surface area contributed by atoms with Gasteiger partial charge in [0.25, 0.3) is 10.1 Å². The molecule has 10 heteroatoms. The van der Waals surface area contributed by atoms with E-state index in [-0.39, 0.29) is 52.5 Å². The molecule has 0 radical (unpaired) electrons. The van der Waals surface area contributed by atoms with Crippen LogP contribution in [0.5, 0.6) is 0 Å². The first-order chi connectivity index (χ1) is 19.5. The number of hydrogen-bond acceptors (Lipinski definition) is 6. The van der Waals surface area contributed by atoms with Crippen molar-refractivity contribution < 1.29 is 37.6 Å². The van der Waals surface area contributed by atoms with Crippen molar-refractivity contribution in [1.82, 2.24) is 5.32 Å². The standard InChI is InChI=1S/C32H58N2O7S/c1-21(8-11-29(38)33-14-6-15-34(4,5)16-7-17-42(39,40)41)24-9-10-25-30-26(20-28(37)32(24,25)3)31(2)13-12-23(35)18-22(31)19-27(30)36/h21-28,30,35-37H,6-20H2,1-5H3,(H-,33,38,39,40,41)/p+1/t21-,22?,23+,24-,25?,26?,27+,28-,30?,31-,32+/m0/s1. The number of aliphatic hydroxyl groups excluding tert-OH is 3. The first-order valence-corrected chi connectivity index (χ1v) is 18.2. The summed E-state index contributed by atoms with van der Waals surface area (Å²) in [6, 6.07) is 0. The van der Waals surface area contributed by atoms with E-state index in [4.69, 9.17) is 4.55 Å². The molecular weight excluding hydrogens is 556 g/mol. The molecule has 42 heavy (non-hydrogen) atoms. The highest BCUT2D eigenvalue weighted by Crippen LogP contribution is 2.68. The molecule has 0 spiro atoms. The number of fused-ring (bicyclic) bond motifs is 5. The molecule has 0 heterocycles. The van der Waals surface area contributed by atoms with Crippen molar-refractivity contribution in [3.8, 4) is 0 Å². The van der Waals surface area contributed by atoms with Gasteiger partial charge in [-0.05, 0) is 97.7 Å². The van der Waals surface area contributed by atoms with E-state index in [9.17, 15) is 28.5 Å². The summed E-state index contributed by atoms with van der Waals surface area (Å²) in [7, 11) is 0.114. The third-order valence-corrected chi connectivity index (χ3v) is 13.6. The molecule has 0 aromatic carbocycles. The fraction of sp³-hybridized carbons (Fsp3) is 0.969. The number of hydrogen-bond donors (Lipinski definition) is 5. The predicted octanol–water partition coefficient (Wildman–Crippen LogP) is 3.22. The Bertz CT molecular complexity index is 1050. The van der Waals surface area contributed by atoms with Crippen molar-refractivity contribution in [2.45, 2.75) is 110 Å². The van der Waals surface area contributed by atoms with Crippen molar-refractivity contribution in [3.63, 3.8) is 0 Å². The first kappa shape index (κ1) is 34.1. The minimum Gasteiger partial charge on any atom is -0.393 e. The van der Waals surface area contributed by atoms with Crippen LogP contribution in [0.1, 0.15) is 91.4 Å². The summed E-state index contributed by atoms with van der Waals surface area (Å²) in [5.41, 5.74) is -0.185. The lowest BCUT2D eigenvalue weighted by molar-refractivity contribution is -0.890. The van der Waals surface area contributed by atoms with Crippen LogP contribution >= 0.6 is 0 Å². The third kappa shape index (κ3) is 7.20. The molecule has 4 aliphatic carbocycles. The lowest BCUT2D eigenvalue weighted by Crippen LogP contribution is -2.62. The van der Waals surface area contributed by atoms with Gasteiger partial charge in [-0.1, -0.05) is 20.8 Å². The highest BCUT2D eigenvalue weighted by molar-refractivity contribution is 7.85. The number of nitrogens with zero attached hydrogens (tertiary/aromatic N) is 1. The van der Waals surface area contributed by atoms with Crippen molar-refractivity contribution >= 4 is 16.0 Å². The van der Waals surface area contributed by atoms with E-state index >= 15 is 0 Å². The number of amides is 1. The van der Waals surface area contributed by atoms with Crippen LogP contribution in [-0.2, 0) is 14.9 Å². The highest BCUT2D eigenvalue weighted by Gasteiger charge is 2.65. The Labute approximate surface area is 254 Å². The lowest BCUT2D eigenvalue weighted by Gasteiger charge is -2.63. The van der Waals surface area contributed by atoms with E-state index in [0.717, 1.165) is 64.3 Å². The van der Waals surface area contributed by atoms with E-state index in [0.29, 0.717) is 48.2 Å². The average molecular weight is 616 g/mol. The summed E-state index contributed by atoms with van der Waals surface area (Å²) in [4.78, 5) is 12.7. The Morgan fingerprint density at radius 1 is 1.00 bits per heavy atom. The summed E-state index contributed by atoms with van der Waals surface area (Å²) < 4.78 is 31.5. The van der Waals surface area contributed by atoms with Crippen LogP contribution < -0.4 is 5.32 Å². The molecule has 4 rings (SSSR count). The number of carbonyl (C=O) groups excluding carboxylic acids is 1. The fourth-order valence-electron chi connectivity index (χ4n) is 10.3. The van der Waals surface area contributed by atoms with Crippen LogP contribution in [0.2, 0.25) is 0 Å². The molecule has 9 nitrogen and oxygen atoms in total. The topological polar surface area (TPSA) is 144 Å². The fourth-order valence-corrected chi connectivity index (χ4v) is 10.8. The molecule has 4 unspecified atom stereocenters. The van der Waals surface area contributed by atoms with E-state index < -0.39 is 16.2 Å². The normalized spacial score (nSPS) is 41.0. The quantitative estimate of drug-likeness (QED) is 0.129. The lowest BCUT2D eigenvalue weighted by atomic mass is 9.43. The zero-order valence-corrected chi connectivity index (χ0v) is 27.5. The Hall–Kier alpha value is -0.780. The predicted molar refractivity (Wildman–Crippen MR) is 163 cm³/mol. The molecule has 4 aliphatic rings. The highest BCUT2D eigenvalue weighted by atomic mass is 32.2. The summed E-state index contributed by atoms with van der Waals surface area (Å²) in [5.74, 6) is 1.52. The molecule has 0 bridgehead atoms. The summed E-state index contributed by atoms with van der Waals surface area (Å²) in [6.07, 6.45) is 7.47. The number of rotatable bonds is 12. The van der Waals surface area contributed by atoms with Gasteiger partial charge in [0.1, 0.15) is 0 Å². The molecule has 11 atom stereocenters. The van der Waals surface area contributed by atoms with Crippen LogP contribution in [0.15, 0.2) is 0 Å². The summed E-state index contributed by atoms with van der Waals surface area (Å²) in [6.45, 7) is 8.87. The average Bonchev–Trinajstić information content (AvgIpc) is 3.24. The van der Waals surface area contributed by atoms with Crippen LogP contribution in [0, 0.1) is 46.3 Å². The zero-order valence-electron chi connectivity index (χ0n) is 26.7. The summed E-state index contributed by atoms with van der Waals surface area (Å²) in [5, 5.41) is 36.6. The van der Waals surface area contributed by atoms with E-state index in [1.807, 2.05) is 14.1 Å². The van der Waals surface area contributed by atoms with Gasteiger partial charge in [0.15, 0.2) is 0 Å². The van der Waals surface area contributed by atoms with Gasteiger partial charge in [0.2, 0.25) is 5.91 Å². The van der Waals surface area contributed by atoms with Crippen molar-refractivity contribution in [1.29, 1.82) is 0 Å². The molecular formula is C32H59N2O7S+. The Morgan fingerprint density at radius 2 is 1.69 bits per heavy atom. The monoisotopic (exact) mass is 615 g/mol. The van der Waals surface area contributed by atoms with Crippen molar-refractivity contribution in [2.24, 2.45) is 46.3 Å². The molecule has 0 saturated heterocycles. The van der Waals surface area contributed by atoms with E-state index in [1.54, 1.807) is 0 Å². The molecule has 4 fully saturated rings. The number of carbonyl (C=O) groups is 1. The van der Waals surface area contributed by atoms with Crippen LogP contribution in [0.25, 0.3) is 0 Å². The van der Waals surface area contributed by atoms with E-state index in [1.165, 1.54) is 0 Å². The zero-order chi connectivity index (χ0) is 31.1. The minimum absolute atomic E-state index is 0.0450. The van der Waals surface area contributed by atoms with Crippen LogP contribution in [0.3, 0.4) is 0 Å². The van der Waals surface area contributed by atoms with Gasteiger partial charge in [-0.25, -0.2) is 0 Å². The first-order valence-electron chi connectivity index (χ1n) is 16.6. The molecule has 244 valence electrons. The van der Waals surface area contributed by atoms with Crippen molar-refractivity contribution in [3.05, 3.63) is 0 Å². The van der Waals surface area contributed by atoms with Gasteiger partial charge in [-0.2, -0.15) is 8.42 Å². The van der Waals surface area contributed by atoms with Gasteiger partial charge >= 0.3 is 0 Å². The van der Waals surface area contributed by atoms with Crippen molar-refractivity contribution in [2.75, 3.05) is 39.5 Å². The maximum absolute atomic E-state index is 12.7. The SMILES string of the molecule is C[C@@H](CCC(=O)NCCC[N+](C)(C)CCCS(=O)(=O)O)[C@@H]1CCC2C3C(C[C@H](O)[C@@]21C)[C@@]1(C)CC[C@@H](O)CC1C[C@H]3O. The van der Waals surface area contributed by atoms with E-state index in [2.05, 4.69) is 26.1 Å². The molecule has 5 N–H and O–H groups in total. The third-order valence-electron chi connectivity index (χ3n) is 12.8. The smallest absolute Gasteiger partial charge is 0.265 e. The summed E-state index contributed by atoms with van der Waals surface area (Å²) >= 11 is 0. The number of nitrogens with one attached hydrogen (secondary N) is 1. The number of quaternary nitrogens is 1. The van der Waals surface area contributed by atoms with Gasteiger partial charge in [0.05, 0.1) is 51.2 Å². The number of aliphatic hydroxyl groups is 3. The molecule has 0 aromatic rings. The van der Waals surface area contributed by atoms with Gasteiger partial charge in [-0.15, -0.1) is 0 Å². The second-order valence-electron chi connectivity index (χ2n) is 15.8. The Morgan fingerprint density at radius 3 is 2.38 bits per heavy atom. The molecule has 0 aromatic heterocycles. The largest absolute Gasteiger partial charge is 0.393 e. The van der Waals surface area contributed by atoms with Gasteiger partial charge in [-0.3, -0.25) is 9.35 Å². The van der Waals surface area contributed by atoms with Crippen LogP contribution in [0.4, 0.5) is 0 Å². The molecule has 4 saturated carbocycles. The molecule has 1 amide bonds. The Kier molecular flexibility index (Phi) is 10.5. The second-order valence-corrected chi connectivity index (χ2v) is 17.3. The minimum atomic E-state index is -3.93. The van der Waals surface area contributed by atoms with Crippen LogP contribution in [-0.4, -0.2) is 96.5 Å². The Balaban J connectivity index is 1.27. The molecule has 0 aliphatic heterocycles. The maximum atomic E-state index is 12.7. The maximum Gasteiger partial charge on any atom is 0.265 e.